The Balaban J connectivity index is 1.55. The molecule has 0 aliphatic heterocycles. The van der Waals surface area contributed by atoms with Crippen LogP contribution in [0.15, 0.2) is 58.7 Å². The smallest absolute Gasteiger partial charge is 0.119 e. The fraction of sp³-hybridized carbons (Fsp3) is 0.588. The van der Waals surface area contributed by atoms with Crippen LogP contribution in [0.4, 0.5) is 0 Å². The van der Waals surface area contributed by atoms with E-state index in [1.165, 1.54) is 89.9 Å². The molecule has 4 heteroatoms. The van der Waals surface area contributed by atoms with E-state index < -0.39 is 0 Å². The SMILES string of the molecule is CCCCCCCCCCOc1ccc(C=N/N=C/c2ccc(OCCCCCCCCCC)cc2)cc1. The third-order valence-electron chi connectivity index (χ3n) is 6.77. The maximum Gasteiger partial charge on any atom is 0.119 e. The van der Waals surface area contributed by atoms with Crippen LogP contribution in [0.25, 0.3) is 0 Å². The lowest BCUT2D eigenvalue weighted by Gasteiger charge is -2.06. The van der Waals surface area contributed by atoms with E-state index in [9.17, 15) is 0 Å². The Bertz CT molecular complexity index is 786. The lowest BCUT2D eigenvalue weighted by molar-refractivity contribution is 0.304. The quantitative estimate of drug-likeness (QED) is 0.0831. The van der Waals surface area contributed by atoms with Gasteiger partial charge in [0.1, 0.15) is 11.5 Å². The van der Waals surface area contributed by atoms with Crippen LogP contribution >= 0.6 is 0 Å². The molecule has 0 amide bonds. The maximum absolute atomic E-state index is 5.87. The van der Waals surface area contributed by atoms with Gasteiger partial charge in [0.05, 0.1) is 25.6 Å². The zero-order valence-electron chi connectivity index (χ0n) is 24.2. The highest BCUT2D eigenvalue weighted by atomic mass is 16.5. The number of benzene rings is 2. The molecule has 2 aromatic carbocycles. The van der Waals surface area contributed by atoms with Crippen LogP contribution in [0.1, 0.15) is 128 Å². The second kappa shape index (κ2) is 22.4. The van der Waals surface area contributed by atoms with Crippen molar-refractivity contribution in [3.8, 4) is 11.5 Å². The Hall–Kier alpha value is -2.62. The fourth-order valence-corrected chi connectivity index (χ4v) is 4.35. The fourth-order valence-electron chi connectivity index (χ4n) is 4.35. The van der Waals surface area contributed by atoms with E-state index in [4.69, 9.17) is 9.47 Å². The van der Waals surface area contributed by atoms with Gasteiger partial charge in [-0.25, -0.2) is 0 Å². The third kappa shape index (κ3) is 16.3. The molecule has 4 nitrogen and oxygen atoms in total. The van der Waals surface area contributed by atoms with Gasteiger partial charge in [-0.05, 0) is 72.5 Å². The minimum absolute atomic E-state index is 0.787. The Morgan fingerprint density at radius 1 is 0.447 bits per heavy atom. The average molecular weight is 521 g/mol. The van der Waals surface area contributed by atoms with E-state index in [-0.39, 0.29) is 0 Å². The maximum atomic E-state index is 5.87. The molecule has 0 radical (unpaired) electrons. The summed E-state index contributed by atoms with van der Waals surface area (Å²) in [6, 6.07) is 16.1. The molecule has 0 aromatic heterocycles. The molecule has 0 aliphatic rings. The Morgan fingerprint density at radius 3 is 1.11 bits per heavy atom. The molecule has 0 saturated carbocycles. The predicted molar refractivity (Wildman–Crippen MR) is 164 cm³/mol. The minimum Gasteiger partial charge on any atom is -0.494 e. The van der Waals surface area contributed by atoms with E-state index in [0.717, 1.165) is 48.7 Å². The summed E-state index contributed by atoms with van der Waals surface area (Å²) in [5.41, 5.74) is 2.01. The zero-order chi connectivity index (χ0) is 26.9. The Kier molecular flexibility index (Phi) is 18.6. The highest BCUT2D eigenvalue weighted by Gasteiger charge is 1.97. The summed E-state index contributed by atoms with van der Waals surface area (Å²) in [7, 11) is 0. The second-order valence-electron chi connectivity index (χ2n) is 10.3. The molecular formula is C34H52N2O2. The van der Waals surface area contributed by atoms with E-state index in [1.807, 2.05) is 48.5 Å². The summed E-state index contributed by atoms with van der Waals surface area (Å²) in [4.78, 5) is 0. The van der Waals surface area contributed by atoms with Crippen LogP contribution in [0.3, 0.4) is 0 Å². The number of rotatable bonds is 23. The molecule has 0 bridgehead atoms. The van der Waals surface area contributed by atoms with Gasteiger partial charge in [-0.2, -0.15) is 10.2 Å². The van der Waals surface area contributed by atoms with E-state index in [2.05, 4.69) is 24.1 Å². The molecule has 2 aromatic rings. The van der Waals surface area contributed by atoms with Gasteiger partial charge in [0.15, 0.2) is 0 Å². The van der Waals surface area contributed by atoms with Crippen molar-refractivity contribution in [1.82, 2.24) is 0 Å². The molecule has 2 rings (SSSR count). The molecule has 0 N–H and O–H groups in total. The topological polar surface area (TPSA) is 43.2 Å². The van der Waals surface area contributed by atoms with Crippen LogP contribution in [-0.4, -0.2) is 25.6 Å². The Morgan fingerprint density at radius 2 is 0.763 bits per heavy atom. The van der Waals surface area contributed by atoms with Gasteiger partial charge in [-0.1, -0.05) is 104 Å². The van der Waals surface area contributed by atoms with Crippen molar-refractivity contribution >= 4 is 12.4 Å². The normalized spacial score (nSPS) is 11.5. The van der Waals surface area contributed by atoms with Gasteiger partial charge < -0.3 is 9.47 Å². The molecule has 0 fully saturated rings. The second-order valence-corrected chi connectivity index (χ2v) is 10.3. The summed E-state index contributed by atoms with van der Waals surface area (Å²) in [5.74, 6) is 1.83. The Labute approximate surface area is 233 Å². The van der Waals surface area contributed by atoms with Crippen LogP contribution in [0.2, 0.25) is 0 Å². The molecule has 0 unspecified atom stereocenters. The number of ether oxygens (including phenoxy) is 2. The van der Waals surface area contributed by atoms with Crippen molar-refractivity contribution in [3.05, 3.63) is 59.7 Å². The van der Waals surface area contributed by atoms with Crippen LogP contribution in [0.5, 0.6) is 11.5 Å². The first kappa shape index (κ1) is 31.6. The summed E-state index contributed by atoms with van der Waals surface area (Å²) >= 11 is 0. The first-order chi connectivity index (χ1) is 18.8. The monoisotopic (exact) mass is 520 g/mol. The van der Waals surface area contributed by atoms with E-state index >= 15 is 0 Å². The van der Waals surface area contributed by atoms with E-state index in [0.29, 0.717) is 0 Å². The molecule has 38 heavy (non-hydrogen) atoms. The van der Waals surface area contributed by atoms with Crippen molar-refractivity contribution in [2.75, 3.05) is 13.2 Å². The van der Waals surface area contributed by atoms with Crippen LogP contribution < -0.4 is 9.47 Å². The van der Waals surface area contributed by atoms with Gasteiger partial charge in [0.25, 0.3) is 0 Å². The standard InChI is InChI=1S/C34H52N2O2/c1-3-5-7-9-11-13-15-17-27-37-33-23-19-31(20-24-33)29-35-36-30-32-21-25-34(26-22-32)38-28-18-16-14-12-10-8-6-4-2/h19-26,29-30H,3-18,27-28H2,1-2H3/b35-29+,36-30?. The zero-order valence-corrected chi connectivity index (χ0v) is 24.2. The van der Waals surface area contributed by atoms with Gasteiger partial charge in [-0.15, -0.1) is 0 Å². The molecule has 0 heterocycles. The lowest BCUT2D eigenvalue weighted by atomic mass is 10.1. The molecule has 210 valence electrons. The van der Waals surface area contributed by atoms with Gasteiger partial charge in [0, 0.05) is 0 Å². The molecule has 0 atom stereocenters. The van der Waals surface area contributed by atoms with Gasteiger partial charge in [-0.3, -0.25) is 0 Å². The molecule has 0 spiro atoms. The van der Waals surface area contributed by atoms with Crippen LogP contribution in [-0.2, 0) is 0 Å². The van der Waals surface area contributed by atoms with Crippen molar-refractivity contribution in [2.24, 2.45) is 10.2 Å². The first-order valence-electron chi connectivity index (χ1n) is 15.3. The summed E-state index contributed by atoms with van der Waals surface area (Å²) in [5, 5.41) is 8.37. The number of nitrogens with zero attached hydrogens (tertiary/aromatic N) is 2. The first-order valence-corrected chi connectivity index (χ1v) is 15.3. The summed E-state index contributed by atoms with van der Waals surface area (Å²) in [6.45, 7) is 6.10. The predicted octanol–water partition coefficient (Wildman–Crippen LogP) is 10.2. The number of unbranched alkanes of at least 4 members (excludes halogenated alkanes) is 14. The highest BCUT2D eigenvalue weighted by Crippen LogP contribution is 2.15. The number of hydrogen-bond acceptors (Lipinski definition) is 4. The average Bonchev–Trinajstić information content (AvgIpc) is 2.95. The largest absolute Gasteiger partial charge is 0.494 e. The number of hydrogen-bond donors (Lipinski definition) is 0. The van der Waals surface area contributed by atoms with Crippen LogP contribution in [0, 0.1) is 0 Å². The highest BCUT2D eigenvalue weighted by molar-refractivity contribution is 5.82. The van der Waals surface area contributed by atoms with Crippen molar-refractivity contribution in [1.29, 1.82) is 0 Å². The van der Waals surface area contributed by atoms with Crippen molar-refractivity contribution in [2.45, 2.75) is 117 Å². The van der Waals surface area contributed by atoms with Crippen molar-refractivity contribution < 1.29 is 9.47 Å². The summed E-state index contributed by atoms with van der Waals surface area (Å²) in [6.07, 6.45) is 24.5. The van der Waals surface area contributed by atoms with Gasteiger partial charge >= 0.3 is 0 Å². The summed E-state index contributed by atoms with van der Waals surface area (Å²) < 4.78 is 11.7. The molecule has 0 saturated heterocycles. The van der Waals surface area contributed by atoms with E-state index in [1.54, 1.807) is 12.4 Å². The third-order valence-corrected chi connectivity index (χ3v) is 6.77. The lowest BCUT2D eigenvalue weighted by Crippen LogP contribution is -1.97. The molecule has 0 aliphatic carbocycles. The minimum atomic E-state index is 0.787. The van der Waals surface area contributed by atoms with Crippen molar-refractivity contribution in [3.63, 3.8) is 0 Å². The van der Waals surface area contributed by atoms with Gasteiger partial charge in [0.2, 0.25) is 0 Å². The molecular weight excluding hydrogens is 468 g/mol.